The van der Waals surface area contributed by atoms with Crippen molar-refractivity contribution in [3.63, 3.8) is 0 Å². The minimum absolute atomic E-state index is 0.0883. The van der Waals surface area contributed by atoms with E-state index in [0.29, 0.717) is 18.0 Å². The normalized spacial score (nSPS) is 17.8. The molecule has 4 aromatic rings. The topological polar surface area (TPSA) is 70.0 Å². The quantitative estimate of drug-likeness (QED) is 0.205. The van der Waals surface area contributed by atoms with Crippen LogP contribution in [0.3, 0.4) is 0 Å². The monoisotopic (exact) mass is 608 g/mol. The number of likely N-dealkylation sites (tertiary alicyclic amines) is 1. The number of carbonyl (C=O) groups is 2. The van der Waals surface area contributed by atoms with E-state index >= 15 is 0 Å². The maximum absolute atomic E-state index is 13.1. The molecule has 3 heterocycles. The minimum atomic E-state index is -0.606. The van der Waals surface area contributed by atoms with Gasteiger partial charge in [0.25, 0.3) is 0 Å². The number of carbonyl (C=O) groups excluding carboxylic acids is 2. The largest absolute Gasteiger partial charge is 0.496 e. The first-order chi connectivity index (χ1) is 20.0. The Hall–Kier alpha value is -3.33. The van der Waals surface area contributed by atoms with Gasteiger partial charge >= 0.3 is 12.1 Å². The fourth-order valence-corrected chi connectivity index (χ4v) is 7.10. The Morgan fingerprint density at radius 3 is 2.43 bits per heavy atom. The number of aromatic nitrogens is 1. The van der Waals surface area contributed by atoms with Gasteiger partial charge in [-0.25, -0.2) is 9.59 Å². The van der Waals surface area contributed by atoms with E-state index in [0.717, 1.165) is 57.1 Å². The van der Waals surface area contributed by atoms with Gasteiger partial charge in [0.15, 0.2) is 0 Å². The summed E-state index contributed by atoms with van der Waals surface area (Å²) >= 11 is 7.95. The molecule has 1 saturated heterocycles. The first kappa shape index (κ1) is 30.1. The summed E-state index contributed by atoms with van der Waals surface area (Å²) in [6.45, 7) is 9.06. The van der Waals surface area contributed by atoms with Crippen LogP contribution in [0.2, 0.25) is 4.34 Å². The Labute approximate surface area is 255 Å². The molecule has 5 rings (SSSR count). The summed E-state index contributed by atoms with van der Waals surface area (Å²) in [5, 5.41) is 0.963. The number of halogens is 1. The highest BCUT2D eigenvalue weighted by molar-refractivity contribution is 7.16. The third-order valence-electron chi connectivity index (χ3n) is 7.83. The van der Waals surface area contributed by atoms with Crippen LogP contribution in [0.25, 0.3) is 10.9 Å². The molecule has 2 aromatic heterocycles. The van der Waals surface area contributed by atoms with Crippen LogP contribution in [0.15, 0.2) is 54.7 Å². The van der Waals surface area contributed by atoms with Crippen LogP contribution in [0.5, 0.6) is 5.75 Å². The fourth-order valence-electron chi connectivity index (χ4n) is 5.89. The van der Waals surface area contributed by atoms with Crippen molar-refractivity contribution in [1.29, 1.82) is 0 Å². The standard InChI is InChI=1S/C33H37ClN2O5S/c1-20-17-27(39-5)25(24-14-16-36(30(20)24)32(38)41-33(2,3)4)19-35-15-13-23(28-11-12-29(34)42-28)18-26(35)21-7-9-22(10-8-21)31(37)40-6/h7-12,14,16-17,23,26H,13,15,18-19H2,1-6H3/t23?,26-/m0/s1. The Balaban J connectivity index is 1.53. The number of hydrogen-bond acceptors (Lipinski definition) is 7. The average molecular weight is 609 g/mol. The zero-order valence-electron chi connectivity index (χ0n) is 24.9. The summed E-state index contributed by atoms with van der Waals surface area (Å²) in [5.41, 5.74) is 3.82. The number of nitrogens with zero attached hydrogens (tertiary/aromatic N) is 2. The molecule has 42 heavy (non-hydrogen) atoms. The van der Waals surface area contributed by atoms with Crippen LogP contribution in [-0.4, -0.2) is 47.9 Å². The number of aryl methyl sites for hydroxylation is 1. The number of piperidine rings is 1. The molecular weight excluding hydrogens is 572 g/mol. The minimum Gasteiger partial charge on any atom is -0.496 e. The molecule has 2 aromatic carbocycles. The smallest absolute Gasteiger partial charge is 0.419 e. The summed E-state index contributed by atoms with van der Waals surface area (Å²) in [4.78, 5) is 29.0. The highest BCUT2D eigenvalue weighted by Gasteiger charge is 2.33. The molecular formula is C33H37ClN2O5S. The van der Waals surface area contributed by atoms with Gasteiger partial charge in [0.2, 0.25) is 0 Å². The Bertz CT molecular complexity index is 1600. The Kier molecular flexibility index (Phi) is 8.69. The van der Waals surface area contributed by atoms with Crippen LogP contribution in [0.4, 0.5) is 4.79 Å². The van der Waals surface area contributed by atoms with E-state index in [1.54, 1.807) is 29.2 Å². The van der Waals surface area contributed by atoms with Gasteiger partial charge < -0.3 is 14.2 Å². The van der Waals surface area contributed by atoms with Crippen molar-refractivity contribution in [1.82, 2.24) is 9.47 Å². The second-order valence-corrected chi connectivity index (χ2v) is 13.5. The van der Waals surface area contributed by atoms with Crippen LogP contribution >= 0.6 is 22.9 Å². The van der Waals surface area contributed by atoms with Crippen molar-refractivity contribution in [3.05, 3.63) is 86.2 Å². The lowest BCUT2D eigenvalue weighted by atomic mass is 9.85. The molecule has 1 aliphatic rings. The third kappa shape index (κ3) is 6.21. The van der Waals surface area contributed by atoms with Gasteiger partial charge in [-0.15, -0.1) is 11.3 Å². The molecule has 7 nitrogen and oxygen atoms in total. The number of fused-ring (bicyclic) bond motifs is 1. The predicted molar refractivity (Wildman–Crippen MR) is 167 cm³/mol. The van der Waals surface area contributed by atoms with Crippen LogP contribution in [0.1, 0.15) is 77.5 Å². The van der Waals surface area contributed by atoms with E-state index in [9.17, 15) is 9.59 Å². The van der Waals surface area contributed by atoms with Crippen molar-refractivity contribution in [2.24, 2.45) is 0 Å². The molecule has 0 saturated carbocycles. The Morgan fingerprint density at radius 2 is 1.81 bits per heavy atom. The maximum Gasteiger partial charge on any atom is 0.419 e. The lowest BCUT2D eigenvalue weighted by molar-refractivity contribution is 0.0542. The van der Waals surface area contributed by atoms with E-state index in [-0.39, 0.29) is 12.0 Å². The molecule has 222 valence electrons. The van der Waals surface area contributed by atoms with Gasteiger partial charge in [-0.05, 0) is 101 Å². The summed E-state index contributed by atoms with van der Waals surface area (Å²) in [6, 6.07) is 15.9. The SMILES string of the molecule is COC(=O)c1ccc([C@@H]2CC(c3ccc(Cl)s3)CCN2Cc2c(OC)cc(C)c3c2ccn3C(=O)OC(C)(C)C)cc1. The summed E-state index contributed by atoms with van der Waals surface area (Å²) < 4.78 is 18.9. The van der Waals surface area contributed by atoms with Gasteiger partial charge in [0.1, 0.15) is 11.4 Å². The van der Waals surface area contributed by atoms with Gasteiger partial charge in [-0.1, -0.05) is 23.7 Å². The van der Waals surface area contributed by atoms with E-state index in [4.69, 9.17) is 25.8 Å². The van der Waals surface area contributed by atoms with Crippen LogP contribution in [0, 0.1) is 6.92 Å². The molecule has 0 bridgehead atoms. The number of benzene rings is 2. The molecule has 0 radical (unpaired) electrons. The van der Waals surface area contributed by atoms with Crippen molar-refractivity contribution in [2.75, 3.05) is 20.8 Å². The molecule has 0 amide bonds. The molecule has 1 fully saturated rings. The Morgan fingerprint density at radius 1 is 1.07 bits per heavy atom. The van der Waals surface area contributed by atoms with Gasteiger partial charge in [-0.3, -0.25) is 9.47 Å². The molecule has 0 aliphatic carbocycles. The molecule has 0 N–H and O–H groups in total. The average Bonchev–Trinajstić information content (AvgIpc) is 3.60. The number of esters is 1. The molecule has 0 spiro atoms. The predicted octanol–water partition coefficient (Wildman–Crippen LogP) is 8.36. The van der Waals surface area contributed by atoms with E-state index in [2.05, 4.69) is 11.0 Å². The van der Waals surface area contributed by atoms with Gasteiger partial charge in [0.05, 0.1) is 29.6 Å². The van der Waals surface area contributed by atoms with Gasteiger partial charge in [0, 0.05) is 34.6 Å². The number of rotatable bonds is 6. The van der Waals surface area contributed by atoms with Crippen molar-refractivity contribution < 1.29 is 23.8 Å². The number of hydrogen-bond donors (Lipinski definition) is 0. The lowest BCUT2D eigenvalue weighted by Gasteiger charge is -2.40. The first-order valence-corrected chi connectivity index (χ1v) is 15.3. The summed E-state index contributed by atoms with van der Waals surface area (Å²) in [7, 11) is 3.08. The molecule has 1 aliphatic heterocycles. The lowest BCUT2D eigenvalue weighted by Crippen LogP contribution is -2.36. The first-order valence-electron chi connectivity index (χ1n) is 14.1. The zero-order valence-corrected chi connectivity index (χ0v) is 26.5. The number of ether oxygens (including phenoxy) is 3. The number of methoxy groups -OCH3 is 2. The maximum atomic E-state index is 13.1. The highest BCUT2D eigenvalue weighted by atomic mass is 35.5. The molecule has 2 atom stereocenters. The summed E-state index contributed by atoms with van der Waals surface area (Å²) in [6.07, 6.45) is 3.27. The highest BCUT2D eigenvalue weighted by Crippen LogP contribution is 2.44. The second kappa shape index (κ2) is 12.1. The fraction of sp³-hybridized carbons (Fsp3) is 0.394. The molecule has 9 heteroatoms. The molecule has 1 unspecified atom stereocenters. The second-order valence-electron chi connectivity index (χ2n) is 11.8. The van der Waals surface area contributed by atoms with Crippen molar-refractivity contribution >= 4 is 45.9 Å². The number of thiophene rings is 1. The van der Waals surface area contributed by atoms with Gasteiger partial charge in [-0.2, -0.15) is 0 Å². The van der Waals surface area contributed by atoms with E-state index in [1.807, 2.05) is 70.2 Å². The van der Waals surface area contributed by atoms with Crippen LogP contribution in [-0.2, 0) is 16.0 Å². The third-order valence-corrected chi connectivity index (χ3v) is 9.22. The van der Waals surface area contributed by atoms with Crippen molar-refractivity contribution in [3.8, 4) is 5.75 Å². The summed E-state index contributed by atoms with van der Waals surface area (Å²) in [5.74, 6) is 0.806. The van der Waals surface area contributed by atoms with Crippen molar-refractivity contribution in [2.45, 2.75) is 64.6 Å². The van der Waals surface area contributed by atoms with Crippen LogP contribution < -0.4 is 4.74 Å². The zero-order chi connectivity index (χ0) is 30.2. The van der Waals surface area contributed by atoms with E-state index in [1.165, 1.54) is 12.0 Å². The van der Waals surface area contributed by atoms with E-state index < -0.39 is 11.7 Å².